The largest absolute Gasteiger partial charge is 0.292 e. The summed E-state index contributed by atoms with van der Waals surface area (Å²) in [5.41, 5.74) is 1.21. The normalized spacial score (nSPS) is 10.4. The molecular weight excluding hydrogens is 250 g/mol. The van der Waals surface area contributed by atoms with E-state index in [4.69, 9.17) is 0 Å². The number of Topliss-reactive ketones (excluding diaryl/α,β-unsaturated/α-hetero) is 1. The third kappa shape index (κ3) is 3.68. The molecule has 0 N–H and O–H groups in total. The van der Waals surface area contributed by atoms with Crippen LogP contribution >= 0.6 is 23.1 Å². The van der Waals surface area contributed by atoms with Crippen LogP contribution in [0.1, 0.15) is 20.1 Å². The summed E-state index contributed by atoms with van der Waals surface area (Å²) >= 11 is 3.22. The third-order valence-corrected chi connectivity index (χ3v) is 4.31. The standard InChI is InChI=1S/C13H13NOS2/c1-10-2-3-13(17-10)12(15)9-16-8-11-4-6-14-7-5-11/h2-7H,8-9H2,1H3. The van der Waals surface area contributed by atoms with Crippen molar-refractivity contribution in [1.29, 1.82) is 0 Å². The van der Waals surface area contributed by atoms with Crippen molar-refractivity contribution in [2.24, 2.45) is 0 Å². The predicted octanol–water partition coefficient (Wildman–Crippen LogP) is 3.57. The molecule has 0 amide bonds. The Morgan fingerprint density at radius 1 is 1.29 bits per heavy atom. The highest BCUT2D eigenvalue weighted by Crippen LogP contribution is 2.19. The first-order valence-corrected chi connectivity index (χ1v) is 7.29. The van der Waals surface area contributed by atoms with Crippen molar-refractivity contribution in [3.8, 4) is 0 Å². The summed E-state index contributed by atoms with van der Waals surface area (Å²) in [7, 11) is 0. The molecule has 0 radical (unpaired) electrons. The lowest BCUT2D eigenvalue weighted by atomic mass is 10.3. The van der Waals surface area contributed by atoms with E-state index in [9.17, 15) is 4.79 Å². The van der Waals surface area contributed by atoms with E-state index in [1.807, 2.05) is 31.2 Å². The molecular formula is C13H13NOS2. The summed E-state index contributed by atoms with van der Waals surface area (Å²) in [6.07, 6.45) is 3.56. The maximum Gasteiger partial charge on any atom is 0.182 e. The molecule has 0 spiro atoms. The molecule has 0 aromatic carbocycles. The van der Waals surface area contributed by atoms with Gasteiger partial charge in [0.2, 0.25) is 0 Å². The molecule has 2 heterocycles. The number of hydrogen-bond acceptors (Lipinski definition) is 4. The van der Waals surface area contributed by atoms with E-state index in [-0.39, 0.29) is 5.78 Å². The summed E-state index contributed by atoms with van der Waals surface area (Å²) < 4.78 is 0. The van der Waals surface area contributed by atoms with Crippen LogP contribution in [0.3, 0.4) is 0 Å². The first kappa shape index (κ1) is 12.3. The number of rotatable bonds is 5. The average Bonchev–Trinajstić information content (AvgIpc) is 2.77. The third-order valence-electron chi connectivity index (χ3n) is 2.27. The smallest absolute Gasteiger partial charge is 0.182 e. The zero-order valence-electron chi connectivity index (χ0n) is 9.55. The van der Waals surface area contributed by atoms with Crippen LogP contribution < -0.4 is 0 Å². The minimum absolute atomic E-state index is 0.224. The Labute approximate surface area is 109 Å². The van der Waals surface area contributed by atoms with Gasteiger partial charge in [-0.1, -0.05) is 0 Å². The van der Waals surface area contributed by atoms with Gasteiger partial charge in [-0.3, -0.25) is 9.78 Å². The van der Waals surface area contributed by atoms with E-state index < -0.39 is 0 Å². The van der Waals surface area contributed by atoms with Gasteiger partial charge in [0.15, 0.2) is 5.78 Å². The molecule has 0 aliphatic rings. The number of carbonyl (C=O) groups is 1. The zero-order valence-corrected chi connectivity index (χ0v) is 11.2. The molecule has 4 heteroatoms. The van der Waals surface area contributed by atoms with Gasteiger partial charge in [0.05, 0.1) is 10.6 Å². The van der Waals surface area contributed by atoms with Gasteiger partial charge in [-0.15, -0.1) is 23.1 Å². The molecule has 2 nitrogen and oxygen atoms in total. The summed E-state index contributed by atoms with van der Waals surface area (Å²) in [6.45, 7) is 2.02. The van der Waals surface area contributed by atoms with Gasteiger partial charge >= 0.3 is 0 Å². The maximum atomic E-state index is 11.8. The maximum absolute atomic E-state index is 11.8. The lowest BCUT2D eigenvalue weighted by molar-refractivity contribution is 0.102. The molecule has 17 heavy (non-hydrogen) atoms. The van der Waals surface area contributed by atoms with Crippen LogP contribution in [0.2, 0.25) is 0 Å². The number of hydrogen-bond donors (Lipinski definition) is 0. The van der Waals surface area contributed by atoms with Crippen LogP contribution in [-0.4, -0.2) is 16.5 Å². The quantitative estimate of drug-likeness (QED) is 0.772. The van der Waals surface area contributed by atoms with E-state index in [0.717, 1.165) is 10.6 Å². The van der Waals surface area contributed by atoms with Crippen LogP contribution in [0.15, 0.2) is 36.7 Å². The van der Waals surface area contributed by atoms with Crippen molar-refractivity contribution in [3.05, 3.63) is 52.0 Å². The molecule has 0 saturated carbocycles. The van der Waals surface area contributed by atoms with E-state index in [1.165, 1.54) is 10.4 Å². The first-order valence-electron chi connectivity index (χ1n) is 5.32. The van der Waals surface area contributed by atoms with Gasteiger partial charge < -0.3 is 0 Å². The Bertz CT molecular complexity index is 493. The van der Waals surface area contributed by atoms with Crippen LogP contribution in [0.25, 0.3) is 0 Å². The van der Waals surface area contributed by atoms with Gasteiger partial charge in [0.1, 0.15) is 0 Å². The highest BCUT2D eigenvalue weighted by molar-refractivity contribution is 7.99. The monoisotopic (exact) mass is 263 g/mol. The van der Waals surface area contributed by atoms with E-state index >= 15 is 0 Å². The van der Waals surface area contributed by atoms with Gasteiger partial charge in [-0.2, -0.15) is 0 Å². The minimum Gasteiger partial charge on any atom is -0.292 e. The Morgan fingerprint density at radius 3 is 2.71 bits per heavy atom. The number of pyridine rings is 1. The Morgan fingerprint density at radius 2 is 2.06 bits per heavy atom. The number of aromatic nitrogens is 1. The van der Waals surface area contributed by atoms with Crippen molar-refractivity contribution in [2.75, 3.05) is 5.75 Å². The fraction of sp³-hybridized carbons (Fsp3) is 0.231. The molecule has 0 aliphatic heterocycles. The van der Waals surface area contributed by atoms with Crippen LogP contribution in [0, 0.1) is 6.92 Å². The fourth-order valence-electron chi connectivity index (χ4n) is 1.40. The van der Waals surface area contributed by atoms with E-state index in [2.05, 4.69) is 4.98 Å². The van der Waals surface area contributed by atoms with Gasteiger partial charge in [-0.05, 0) is 36.8 Å². The summed E-state index contributed by atoms with van der Waals surface area (Å²) in [5, 5.41) is 0. The number of carbonyl (C=O) groups excluding carboxylic acids is 1. The SMILES string of the molecule is Cc1ccc(C(=O)CSCc2ccncc2)s1. The molecule has 0 aliphatic carbocycles. The summed E-state index contributed by atoms with van der Waals surface area (Å²) in [4.78, 5) is 17.8. The molecule has 0 fully saturated rings. The lowest BCUT2D eigenvalue weighted by Crippen LogP contribution is -1.99. The second kappa shape index (κ2) is 5.98. The fourth-order valence-corrected chi connectivity index (χ4v) is 3.16. The number of ketones is 1. The second-order valence-corrected chi connectivity index (χ2v) is 5.96. The molecule has 2 rings (SSSR count). The molecule has 0 unspecified atom stereocenters. The van der Waals surface area contributed by atoms with Crippen molar-refractivity contribution < 1.29 is 4.79 Å². The van der Waals surface area contributed by atoms with Gasteiger partial charge in [0, 0.05) is 23.0 Å². The Hall–Kier alpha value is -1.13. The second-order valence-electron chi connectivity index (χ2n) is 3.68. The van der Waals surface area contributed by atoms with Crippen molar-refractivity contribution >= 4 is 28.9 Å². The predicted molar refractivity (Wildman–Crippen MR) is 73.8 cm³/mol. The topological polar surface area (TPSA) is 30.0 Å². The van der Waals surface area contributed by atoms with Gasteiger partial charge in [-0.25, -0.2) is 0 Å². The Kier molecular flexibility index (Phi) is 4.34. The van der Waals surface area contributed by atoms with Crippen LogP contribution in [0.5, 0.6) is 0 Å². The number of nitrogens with zero attached hydrogens (tertiary/aromatic N) is 1. The van der Waals surface area contributed by atoms with Crippen molar-refractivity contribution in [2.45, 2.75) is 12.7 Å². The van der Waals surface area contributed by atoms with Crippen molar-refractivity contribution in [3.63, 3.8) is 0 Å². The summed E-state index contributed by atoms with van der Waals surface area (Å²) in [5.74, 6) is 1.63. The minimum atomic E-state index is 0.224. The first-order chi connectivity index (χ1) is 8.25. The molecule has 88 valence electrons. The van der Waals surface area contributed by atoms with Gasteiger partial charge in [0.25, 0.3) is 0 Å². The highest BCUT2D eigenvalue weighted by Gasteiger charge is 2.07. The lowest BCUT2D eigenvalue weighted by Gasteiger charge is -1.99. The number of thiophene rings is 1. The molecule has 2 aromatic heterocycles. The molecule has 0 bridgehead atoms. The van der Waals surface area contributed by atoms with E-state index in [0.29, 0.717) is 5.75 Å². The molecule has 2 aromatic rings. The van der Waals surface area contributed by atoms with E-state index in [1.54, 1.807) is 35.5 Å². The number of thioether (sulfide) groups is 1. The molecule has 0 atom stereocenters. The van der Waals surface area contributed by atoms with Crippen LogP contribution in [0.4, 0.5) is 0 Å². The summed E-state index contributed by atoms with van der Waals surface area (Å²) in [6, 6.07) is 7.86. The van der Waals surface area contributed by atoms with Crippen LogP contribution in [-0.2, 0) is 5.75 Å². The van der Waals surface area contributed by atoms with Crippen molar-refractivity contribution in [1.82, 2.24) is 4.98 Å². The number of aryl methyl sites for hydroxylation is 1. The Balaban J connectivity index is 1.81. The highest BCUT2D eigenvalue weighted by atomic mass is 32.2. The zero-order chi connectivity index (χ0) is 12.1. The molecule has 0 saturated heterocycles. The average molecular weight is 263 g/mol.